The minimum atomic E-state index is 0.624. The molecule has 0 bridgehead atoms. The van der Waals surface area contributed by atoms with Crippen LogP contribution in [0.15, 0.2) is 27.6 Å². The highest BCUT2D eigenvalue weighted by atomic mass is 79.9. The van der Waals surface area contributed by atoms with E-state index in [1.807, 2.05) is 11.8 Å². The van der Waals surface area contributed by atoms with E-state index in [-0.39, 0.29) is 0 Å². The molecule has 2 atom stereocenters. The van der Waals surface area contributed by atoms with Crippen molar-refractivity contribution in [3.63, 3.8) is 0 Å². The summed E-state index contributed by atoms with van der Waals surface area (Å²) in [6, 6.07) is 7.29. The highest BCUT2D eigenvalue weighted by Gasteiger charge is 2.33. The Morgan fingerprint density at radius 3 is 3.29 bits per heavy atom. The first-order valence-electron chi connectivity index (χ1n) is 5.00. The zero-order chi connectivity index (χ0) is 9.54. The molecular formula is C11H12BrNS. The molecule has 1 fully saturated rings. The minimum absolute atomic E-state index is 0.624. The van der Waals surface area contributed by atoms with Gasteiger partial charge in [0.2, 0.25) is 0 Å². The molecule has 1 aromatic carbocycles. The Balaban J connectivity index is 2.05. The molecule has 1 N–H and O–H groups in total. The summed E-state index contributed by atoms with van der Waals surface area (Å²) < 4.78 is 1.19. The van der Waals surface area contributed by atoms with Crippen molar-refractivity contribution in [3.05, 3.63) is 28.2 Å². The van der Waals surface area contributed by atoms with Crippen LogP contribution in [0.2, 0.25) is 0 Å². The van der Waals surface area contributed by atoms with E-state index < -0.39 is 0 Å². The molecule has 3 rings (SSSR count). The van der Waals surface area contributed by atoms with Gasteiger partial charge in [-0.1, -0.05) is 22.0 Å². The van der Waals surface area contributed by atoms with E-state index in [2.05, 4.69) is 39.4 Å². The van der Waals surface area contributed by atoms with Crippen LogP contribution < -0.4 is 5.32 Å². The third-order valence-electron chi connectivity index (χ3n) is 3.11. The van der Waals surface area contributed by atoms with Crippen molar-refractivity contribution in [1.82, 2.24) is 5.32 Å². The van der Waals surface area contributed by atoms with Crippen molar-refractivity contribution in [2.45, 2.75) is 17.4 Å². The van der Waals surface area contributed by atoms with Crippen molar-refractivity contribution in [3.8, 4) is 0 Å². The molecule has 0 saturated carbocycles. The summed E-state index contributed by atoms with van der Waals surface area (Å²) in [5.41, 5.74) is 1.51. The maximum Gasteiger partial charge on any atom is 0.0368 e. The fraction of sp³-hybridized carbons (Fsp3) is 0.455. The van der Waals surface area contributed by atoms with Crippen LogP contribution in [0, 0.1) is 5.92 Å². The maximum atomic E-state index is 3.61. The molecule has 1 saturated heterocycles. The molecule has 2 heterocycles. The Morgan fingerprint density at radius 2 is 2.36 bits per heavy atom. The van der Waals surface area contributed by atoms with Gasteiger partial charge < -0.3 is 5.32 Å². The Kier molecular flexibility index (Phi) is 2.34. The maximum absolute atomic E-state index is 3.61. The first-order chi connectivity index (χ1) is 6.84. The monoisotopic (exact) mass is 269 g/mol. The average molecular weight is 270 g/mol. The van der Waals surface area contributed by atoms with Crippen LogP contribution in [0.4, 0.5) is 0 Å². The van der Waals surface area contributed by atoms with Gasteiger partial charge in [-0.2, -0.15) is 0 Å². The van der Waals surface area contributed by atoms with E-state index in [1.165, 1.54) is 33.7 Å². The van der Waals surface area contributed by atoms with Crippen LogP contribution >= 0.6 is 27.7 Å². The van der Waals surface area contributed by atoms with Crippen LogP contribution in [0.5, 0.6) is 0 Å². The molecule has 0 amide bonds. The number of benzene rings is 1. The van der Waals surface area contributed by atoms with Gasteiger partial charge in [-0.05, 0) is 36.6 Å². The van der Waals surface area contributed by atoms with Crippen molar-refractivity contribution in [1.29, 1.82) is 0 Å². The molecule has 1 aromatic rings. The summed E-state index contributed by atoms with van der Waals surface area (Å²) >= 11 is 5.54. The lowest BCUT2D eigenvalue weighted by Crippen LogP contribution is -2.22. The van der Waals surface area contributed by atoms with Crippen LogP contribution in [0.3, 0.4) is 0 Å². The molecule has 0 aliphatic carbocycles. The molecule has 74 valence electrons. The summed E-state index contributed by atoms with van der Waals surface area (Å²) in [5, 5.41) is 3.61. The Hall–Kier alpha value is 0.01000. The molecule has 2 aliphatic rings. The summed E-state index contributed by atoms with van der Waals surface area (Å²) in [6.45, 7) is 1.19. The molecule has 2 aliphatic heterocycles. The number of fused-ring (bicyclic) bond motifs is 3. The van der Waals surface area contributed by atoms with Gasteiger partial charge in [-0.15, -0.1) is 11.8 Å². The number of halogens is 1. The molecule has 0 aromatic heterocycles. The van der Waals surface area contributed by atoms with Gasteiger partial charge in [-0.3, -0.25) is 0 Å². The van der Waals surface area contributed by atoms with Gasteiger partial charge >= 0.3 is 0 Å². The van der Waals surface area contributed by atoms with Gasteiger partial charge in [0.15, 0.2) is 0 Å². The van der Waals surface area contributed by atoms with Gasteiger partial charge in [0.1, 0.15) is 0 Å². The zero-order valence-corrected chi connectivity index (χ0v) is 10.2. The lowest BCUT2D eigenvalue weighted by atomic mass is 9.95. The van der Waals surface area contributed by atoms with E-state index in [0.717, 1.165) is 5.92 Å². The summed E-state index contributed by atoms with van der Waals surface area (Å²) in [5.74, 6) is 2.13. The first-order valence-corrected chi connectivity index (χ1v) is 6.78. The molecule has 0 radical (unpaired) electrons. The molecule has 0 spiro atoms. The molecule has 1 nitrogen and oxygen atoms in total. The van der Waals surface area contributed by atoms with Crippen molar-refractivity contribution in [2.24, 2.45) is 5.92 Å². The van der Waals surface area contributed by atoms with Gasteiger partial charge in [0.05, 0.1) is 0 Å². The predicted octanol–water partition coefficient (Wildman–Crippen LogP) is 3.21. The third kappa shape index (κ3) is 1.42. The zero-order valence-electron chi connectivity index (χ0n) is 7.79. The topological polar surface area (TPSA) is 12.0 Å². The highest BCUT2D eigenvalue weighted by Crippen LogP contribution is 2.43. The molecular weight excluding hydrogens is 258 g/mol. The van der Waals surface area contributed by atoms with E-state index >= 15 is 0 Å². The van der Waals surface area contributed by atoms with Gasteiger partial charge in [0, 0.05) is 21.2 Å². The van der Waals surface area contributed by atoms with Gasteiger partial charge in [0.25, 0.3) is 0 Å². The molecule has 3 heteroatoms. The fourth-order valence-electron chi connectivity index (χ4n) is 2.39. The quantitative estimate of drug-likeness (QED) is 0.777. The number of hydrogen-bond donors (Lipinski definition) is 1. The van der Waals surface area contributed by atoms with E-state index in [9.17, 15) is 0 Å². The Labute approximate surface area is 96.8 Å². The average Bonchev–Trinajstić information content (AvgIpc) is 2.65. The van der Waals surface area contributed by atoms with Crippen LogP contribution in [-0.2, 0) is 0 Å². The Bertz CT molecular complexity index is 366. The largest absolute Gasteiger partial charge is 0.310 e. The molecule has 2 unspecified atom stereocenters. The van der Waals surface area contributed by atoms with Crippen molar-refractivity contribution >= 4 is 27.7 Å². The van der Waals surface area contributed by atoms with Crippen LogP contribution in [0.1, 0.15) is 18.0 Å². The van der Waals surface area contributed by atoms with Crippen LogP contribution in [-0.4, -0.2) is 12.3 Å². The normalized spacial score (nSPS) is 29.8. The number of nitrogens with one attached hydrogen (secondary N) is 1. The number of rotatable bonds is 0. The SMILES string of the molecule is Brc1ccc2c(c1)SCC1CCNC21. The smallest absolute Gasteiger partial charge is 0.0368 e. The second-order valence-electron chi connectivity index (χ2n) is 3.97. The lowest BCUT2D eigenvalue weighted by Gasteiger charge is -2.27. The third-order valence-corrected chi connectivity index (χ3v) is 4.87. The van der Waals surface area contributed by atoms with Crippen LogP contribution in [0.25, 0.3) is 0 Å². The predicted molar refractivity (Wildman–Crippen MR) is 63.7 cm³/mol. The second-order valence-corrected chi connectivity index (χ2v) is 5.95. The minimum Gasteiger partial charge on any atom is -0.310 e. The first kappa shape index (κ1) is 9.25. The summed E-state index contributed by atoms with van der Waals surface area (Å²) in [6.07, 6.45) is 1.34. The van der Waals surface area contributed by atoms with E-state index in [1.54, 1.807) is 0 Å². The molecule has 14 heavy (non-hydrogen) atoms. The Morgan fingerprint density at radius 1 is 1.43 bits per heavy atom. The summed E-state index contributed by atoms with van der Waals surface area (Å²) in [7, 11) is 0. The number of thioether (sulfide) groups is 1. The summed E-state index contributed by atoms with van der Waals surface area (Å²) in [4.78, 5) is 1.45. The van der Waals surface area contributed by atoms with Gasteiger partial charge in [-0.25, -0.2) is 0 Å². The van der Waals surface area contributed by atoms with Crippen molar-refractivity contribution in [2.75, 3.05) is 12.3 Å². The lowest BCUT2D eigenvalue weighted by molar-refractivity contribution is 0.496. The second kappa shape index (κ2) is 3.54. The fourth-order valence-corrected chi connectivity index (χ4v) is 4.23. The highest BCUT2D eigenvalue weighted by molar-refractivity contribution is 9.10. The van der Waals surface area contributed by atoms with E-state index in [4.69, 9.17) is 0 Å². The van der Waals surface area contributed by atoms with Crippen molar-refractivity contribution < 1.29 is 0 Å². The van der Waals surface area contributed by atoms with E-state index in [0.29, 0.717) is 6.04 Å². The standard InChI is InChI=1S/C11H12BrNS/c12-8-1-2-9-10(5-8)14-6-7-3-4-13-11(7)9/h1-2,5,7,11,13H,3-4,6H2. The number of hydrogen-bond acceptors (Lipinski definition) is 2.